The molecule has 0 fully saturated rings. The summed E-state index contributed by atoms with van der Waals surface area (Å²) in [6.07, 6.45) is 3.09. The lowest BCUT2D eigenvalue weighted by molar-refractivity contribution is 0.104. The van der Waals surface area contributed by atoms with Gasteiger partial charge in [0.15, 0.2) is 5.78 Å². The number of halogens is 1. The lowest BCUT2D eigenvalue weighted by Crippen LogP contribution is -1.95. The molecule has 2 rings (SSSR count). The molecular formula is C17H15BrO4. The molecule has 0 aromatic heterocycles. The zero-order valence-electron chi connectivity index (χ0n) is 12.2. The Labute approximate surface area is 137 Å². The number of hydrogen-bond acceptors (Lipinski definition) is 4. The van der Waals surface area contributed by atoms with Crippen LogP contribution in [0.1, 0.15) is 15.9 Å². The van der Waals surface area contributed by atoms with Gasteiger partial charge in [-0.2, -0.15) is 0 Å². The van der Waals surface area contributed by atoms with E-state index in [-0.39, 0.29) is 17.1 Å². The Balaban J connectivity index is 2.19. The van der Waals surface area contributed by atoms with Crippen LogP contribution in [0.25, 0.3) is 6.08 Å². The average Bonchev–Trinajstić information content (AvgIpc) is 2.52. The molecule has 114 valence electrons. The number of allylic oxidation sites excluding steroid dienone is 1. The highest BCUT2D eigenvalue weighted by atomic mass is 79.9. The molecule has 0 saturated heterocycles. The molecule has 2 aromatic rings. The van der Waals surface area contributed by atoms with Crippen molar-refractivity contribution in [1.29, 1.82) is 0 Å². The monoisotopic (exact) mass is 362 g/mol. The number of methoxy groups -OCH3 is 2. The summed E-state index contributed by atoms with van der Waals surface area (Å²) in [4.78, 5) is 12.1. The summed E-state index contributed by atoms with van der Waals surface area (Å²) >= 11 is 3.39. The first-order valence-corrected chi connectivity index (χ1v) is 7.27. The summed E-state index contributed by atoms with van der Waals surface area (Å²) in [5.74, 6) is 0.824. The van der Waals surface area contributed by atoms with Crippen LogP contribution in [0.15, 0.2) is 46.9 Å². The van der Waals surface area contributed by atoms with E-state index in [0.717, 1.165) is 15.8 Å². The second kappa shape index (κ2) is 7.13. The highest BCUT2D eigenvalue weighted by molar-refractivity contribution is 9.10. The second-order valence-corrected chi connectivity index (χ2v) is 5.33. The molecule has 0 amide bonds. The first-order chi connectivity index (χ1) is 10.5. The fourth-order valence-electron chi connectivity index (χ4n) is 1.89. The highest BCUT2D eigenvalue weighted by Gasteiger charge is 2.09. The van der Waals surface area contributed by atoms with Crippen molar-refractivity contribution in [3.8, 4) is 17.2 Å². The van der Waals surface area contributed by atoms with Gasteiger partial charge in [0.25, 0.3) is 0 Å². The predicted octanol–water partition coefficient (Wildman–Crippen LogP) is 4.07. The number of aromatic hydroxyl groups is 1. The molecule has 1 N–H and O–H groups in total. The van der Waals surface area contributed by atoms with Crippen LogP contribution in [0.2, 0.25) is 0 Å². The molecule has 0 saturated carbocycles. The van der Waals surface area contributed by atoms with E-state index in [0.29, 0.717) is 5.75 Å². The number of phenols is 1. The van der Waals surface area contributed by atoms with Gasteiger partial charge in [0, 0.05) is 6.07 Å². The van der Waals surface area contributed by atoms with Crippen molar-refractivity contribution in [1.82, 2.24) is 0 Å². The quantitative estimate of drug-likeness (QED) is 0.643. The van der Waals surface area contributed by atoms with E-state index in [4.69, 9.17) is 9.47 Å². The summed E-state index contributed by atoms with van der Waals surface area (Å²) < 4.78 is 10.9. The molecule has 4 nitrogen and oxygen atoms in total. The molecule has 0 aliphatic rings. The van der Waals surface area contributed by atoms with Crippen molar-refractivity contribution < 1.29 is 19.4 Å². The standard InChI is InChI=1S/C17H15BrO4/c1-21-12-5-6-13(16(20)10-12)15(19)7-3-11-4-8-17(22-2)14(18)9-11/h3-10,20H,1-2H3/b7-3+. The van der Waals surface area contributed by atoms with Crippen LogP contribution >= 0.6 is 15.9 Å². The lowest BCUT2D eigenvalue weighted by atomic mass is 10.1. The minimum Gasteiger partial charge on any atom is -0.507 e. The number of carbonyl (C=O) groups excluding carboxylic acids is 1. The van der Waals surface area contributed by atoms with Crippen molar-refractivity contribution in [2.45, 2.75) is 0 Å². The molecular weight excluding hydrogens is 348 g/mol. The van der Waals surface area contributed by atoms with E-state index in [1.807, 2.05) is 12.1 Å². The minimum absolute atomic E-state index is 0.107. The smallest absolute Gasteiger partial charge is 0.189 e. The molecule has 5 heteroatoms. The van der Waals surface area contributed by atoms with Crippen LogP contribution < -0.4 is 9.47 Å². The lowest BCUT2D eigenvalue weighted by Gasteiger charge is -2.04. The molecule has 0 unspecified atom stereocenters. The van der Waals surface area contributed by atoms with Gasteiger partial charge in [-0.15, -0.1) is 0 Å². The molecule has 0 heterocycles. The molecule has 0 radical (unpaired) electrons. The molecule has 0 atom stereocenters. The van der Waals surface area contributed by atoms with E-state index in [9.17, 15) is 9.90 Å². The number of rotatable bonds is 5. The molecule has 0 spiro atoms. The van der Waals surface area contributed by atoms with Crippen molar-refractivity contribution in [2.75, 3.05) is 14.2 Å². The summed E-state index contributed by atoms with van der Waals surface area (Å²) in [5.41, 5.74) is 1.07. The number of benzene rings is 2. The third kappa shape index (κ3) is 3.68. The number of ketones is 1. The fourth-order valence-corrected chi connectivity index (χ4v) is 2.45. The predicted molar refractivity (Wildman–Crippen MR) is 88.7 cm³/mol. The summed E-state index contributed by atoms with van der Waals surface area (Å²) in [7, 11) is 3.09. The Bertz CT molecular complexity index is 723. The van der Waals surface area contributed by atoms with Gasteiger partial charge in [-0.25, -0.2) is 0 Å². The molecule has 0 aliphatic carbocycles. The van der Waals surface area contributed by atoms with Gasteiger partial charge in [-0.1, -0.05) is 12.1 Å². The van der Waals surface area contributed by atoms with Crippen molar-refractivity contribution in [3.05, 3.63) is 58.1 Å². The van der Waals surface area contributed by atoms with Crippen LogP contribution in [-0.4, -0.2) is 25.1 Å². The van der Waals surface area contributed by atoms with Crippen LogP contribution in [0.4, 0.5) is 0 Å². The summed E-state index contributed by atoms with van der Waals surface area (Å²) in [6.45, 7) is 0. The zero-order chi connectivity index (χ0) is 16.1. The van der Waals surface area contributed by atoms with Crippen molar-refractivity contribution >= 4 is 27.8 Å². The van der Waals surface area contributed by atoms with Crippen LogP contribution in [0.3, 0.4) is 0 Å². The van der Waals surface area contributed by atoms with Gasteiger partial charge >= 0.3 is 0 Å². The third-order valence-electron chi connectivity index (χ3n) is 3.07. The minimum atomic E-state index is -0.285. The Hall–Kier alpha value is -2.27. The molecule has 2 aromatic carbocycles. The van der Waals surface area contributed by atoms with E-state index < -0.39 is 0 Å². The first kappa shape index (κ1) is 16.1. The van der Waals surface area contributed by atoms with Crippen LogP contribution in [0.5, 0.6) is 17.2 Å². The van der Waals surface area contributed by atoms with Gasteiger partial charge in [-0.05, 0) is 51.8 Å². The maximum Gasteiger partial charge on any atom is 0.189 e. The molecule has 0 aliphatic heterocycles. The van der Waals surface area contributed by atoms with Crippen LogP contribution in [0, 0.1) is 0 Å². The Morgan fingerprint density at radius 2 is 1.91 bits per heavy atom. The number of ether oxygens (including phenoxy) is 2. The zero-order valence-corrected chi connectivity index (χ0v) is 13.8. The Morgan fingerprint density at radius 3 is 2.50 bits per heavy atom. The van der Waals surface area contributed by atoms with Gasteiger partial charge in [0.2, 0.25) is 0 Å². The highest BCUT2D eigenvalue weighted by Crippen LogP contribution is 2.27. The normalized spacial score (nSPS) is 10.7. The topological polar surface area (TPSA) is 55.8 Å². The third-order valence-corrected chi connectivity index (χ3v) is 3.69. The largest absolute Gasteiger partial charge is 0.507 e. The molecule has 22 heavy (non-hydrogen) atoms. The van der Waals surface area contributed by atoms with E-state index in [2.05, 4.69) is 15.9 Å². The number of hydrogen-bond donors (Lipinski definition) is 1. The maximum atomic E-state index is 12.1. The van der Waals surface area contributed by atoms with Gasteiger partial charge in [-0.3, -0.25) is 4.79 Å². The Morgan fingerprint density at radius 1 is 1.14 bits per heavy atom. The fraction of sp³-hybridized carbons (Fsp3) is 0.118. The summed E-state index contributed by atoms with van der Waals surface area (Å²) in [5, 5.41) is 9.84. The maximum absolute atomic E-state index is 12.1. The van der Waals surface area contributed by atoms with Crippen LogP contribution in [-0.2, 0) is 0 Å². The number of phenolic OH excluding ortho intramolecular Hbond substituents is 1. The first-order valence-electron chi connectivity index (χ1n) is 6.48. The second-order valence-electron chi connectivity index (χ2n) is 4.47. The van der Waals surface area contributed by atoms with Crippen molar-refractivity contribution in [3.63, 3.8) is 0 Å². The van der Waals surface area contributed by atoms with Crippen molar-refractivity contribution in [2.24, 2.45) is 0 Å². The Kier molecular flexibility index (Phi) is 5.22. The molecule has 0 bridgehead atoms. The SMILES string of the molecule is COc1ccc(C(=O)/C=C/c2ccc(OC)c(Br)c2)c(O)c1. The van der Waals surface area contributed by atoms with E-state index in [1.165, 1.54) is 25.3 Å². The average molecular weight is 363 g/mol. The summed E-state index contributed by atoms with van der Waals surface area (Å²) in [6, 6.07) is 10.1. The van der Waals surface area contributed by atoms with E-state index in [1.54, 1.807) is 25.3 Å². The van der Waals surface area contributed by atoms with E-state index >= 15 is 0 Å². The van der Waals surface area contributed by atoms with Gasteiger partial charge in [0.1, 0.15) is 17.2 Å². The van der Waals surface area contributed by atoms with Gasteiger partial charge < -0.3 is 14.6 Å². The number of carbonyl (C=O) groups is 1. The van der Waals surface area contributed by atoms with Gasteiger partial charge in [0.05, 0.1) is 24.3 Å².